The fourth-order valence-electron chi connectivity index (χ4n) is 2.14. The summed E-state index contributed by atoms with van der Waals surface area (Å²) in [6.45, 7) is 0.541. The maximum Gasteiger partial charge on any atom is 0.251 e. The molecule has 124 valence electrons. The summed E-state index contributed by atoms with van der Waals surface area (Å²) in [5, 5.41) is 6.08. The van der Waals surface area contributed by atoms with Gasteiger partial charge < -0.3 is 10.6 Å². The van der Waals surface area contributed by atoms with Crippen molar-refractivity contribution in [2.24, 2.45) is 0 Å². The van der Waals surface area contributed by atoms with Gasteiger partial charge >= 0.3 is 0 Å². The average Bonchev–Trinajstić information content (AvgIpc) is 2.60. The third-order valence-electron chi connectivity index (χ3n) is 3.43. The maximum atomic E-state index is 11.8. The molecule has 0 bridgehead atoms. The van der Waals surface area contributed by atoms with Gasteiger partial charge in [0.05, 0.1) is 0 Å². The lowest BCUT2D eigenvalue weighted by Gasteiger charge is -2.03. The quantitative estimate of drug-likeness (QED) is 0.793. The number of nitrogens with one attached hydrogen (secondary N) is 2. The molecule has 0 fully saturated rings. The Morgan fingerprint density at radius 3 is 2.54 bits per heavy atom. The first-order valence-electron chi connectivity index (χ1n) is 7.61. The minimum Gasteiger partial charge on any atom is -0.355 e. The smallest absolute Gasteiger partial charge is 0.251 e. The molecule has 0 heterocycles. The molecule has 0 aliphatic carbocycles. The zero-order valence-electron chi connectivity index (χ0n) is 13.4. The van der Waals surface area contributed by atoms with Crippen LogP contribution >= 0.6 is 11.6 Å². The normalized spacial score (nSPS) is 10.6. The van der Waals surface area contributed by atoms with Crippen molar-refractivity contribution in [2.75, 3.05) is 13.6 Å². The Labute approximate surface area is 146 Å². The van der Waals surface area contributed by atoms with E-state index in [1.54, 1.807) is 37.4 Å². The van der Waals surface area contributed by atoms with Gasteiger partial charge in [-0.15, -0.1) is 0 Å². The molecule has 0 aliphatic rings. The number of halogens is 1. The second-order valence-electron chi connectivity index (χ2n) is 5.21. The van der Waals surface area contributed by atoms with Crippen LogP contribution in [0, 0.1) is 0 Å². The highest BCUT2D eigenvalue weighted by molar-refractivity contribution is 6.30. The van der Waals surface area contributed by atoms with Crippen molar-refractivity contribution in [3.8, 4) is 0 Å². The van der Waals surface area contributed by atoms with Crippen molar-refractivity contribution in [3.05, 3.63) is 76.3 Å². The van der Waals surface area contributed by atoms with Crippen LogP contribution in [0.2, 0.25) is 5.02 Å². The lowest BCUT2D eigenvalue weighted by Crippen LogP contribution is -2.23. The summed E-state index contributed by atoms with van der Waals surface area (Å²) in [5.74, 6) is -0.295. The molecule has 2 N–H and O–H groups in total. The molecular formula is C19H19ClN2O2. The van der Waals surface area contributed by atoms with Crippen molar-refractivity contribution in [1.29, 1.82) is 0 Å². The summed E-state index contributed by atoms with van der Waals surface area (Å²) in [6, 6.07) is 14.6. The van der Waals surface area contributed by atoms with Gasteiger partial charge in [0.15, 0.2) is 0 Å². The van der Waals surface area contributed by atoms with Crippen LogP contribution in [0.25, 0.3) is 6.08 Å². The Morgan fingerprint density at radius 2 is 1.88 bits per heavy atom. The van der Waals surface area contributed by atoms with E-state index in [0.717, 1.165) is 17.5 Å². The Morgan fingerprint density at radius 1 is 1.12 bits per heavy atom. The van der Waals surface area contributed by atoms with Crippen molar-refractivity contribution < 1.29 is 9.59 Å². The van der Waals surface area contributed by atoms with Gasteiger partial charge in [0.1, 0.15) is 0 Å². The molecule has 2 aromatic carbocycles. The van der Waals surface area contributed by atoms with Crippen LogP contribution < -0.4 is 10.6 Å². The van der Waals surface area contributed by atoms with Gasteiger partial charge in [-0.1, -0.05) is 35.9 Å². The van der Waals surface area contributed by atoms with Gasteiger partial charge in [0.25, 0.3) is 5.91 Å². The molecule has 0 radical (unpaired) electrons. The third-order valence-corrected chi connectivity index (χ3v) is 3.66. The Bertz CT molecular complexity index is 739. The standard InChI is InChI=1S/C19H19ClN2O2/c1-21-19(24)16-8-5-14(6-9-16)7-10-18(23)22-12-11-15-3-2-4-17(20)13-15/h2-10,13H,11-12H2,1H3,(H,21,24)(H,22,23)/b10-7+. The summed E-state index contributed by atoms with van der Waals surface area (Å²) in [5.41, 5.74) is 2.52. The Kier molecular flexibility index (Phi) is 6.58. The van der Waals surface area contributed by atoms with Crippen LogP contribution in [-0.4, -0.2) is 25.4 Å². The molecule has 4 nitrogen and oxygen atoms in total. The van der Waals surface area contributed by atoms with E-state index in [9.17, 15) is 9.59 Å². The van der Waals surface area contributed by atoms with Gasteiger partial charge in [0.2, 0.25) is 5.91 Å². The molecule has 2 aromatic rings. The van der Waals surface area contributed by atoms with Gasteiger partial charge in [-0.25, -0.2) is 0 Å². The van der Waals surface area contributed by atoms with Crippen molar-refractivity contribution in [2.45, 2.75) is 6.42 Å². The fraction of sp³-hybridized carbons (Fsp3) is 0.158. The molecule has 0 atom stereocenters. The predicted octanol–water partition coefficient (Wildman–Crippen LogP) is 3.07. The number of carbonyl (C=O) groups excluding carboxylic acids is 2. The van der Waals surface area contributed by atoms with Gasteiger partial charge in [0, 0.05) is 30.3 Å². The zero-order chi connectivity index (χ0) is 17.4. The van der Waals surface area contributed by atoms with Crippen LogP contribution in [0.4, 0.5) is 0 Å². The SMILES string of the molecule is CNC(=O)c1ccc(/C=C/C(=O)NCCc2cccc(Cl)c2)cc1. The van der Waals surface area contributed by atoms with Crippen LogP contribution in [0.15, 0.2) is 54.6 Å². The van der Waals surface area contributed by atoms with Crippen LogP contribution in [0.3, 0.4) is 0 Å². The molecule has 0 aliphatic heterocycles. The van der Waals surface area contributed by atoms with E-state index in [-0.39, 0.29) is 11.8 Å². The monoisotopic (exact) mass is 342 g/mol. The molecular weight excluding hydrogens is 324 g/mol. The molecule has 24 heavy (non-hydrogen) atoms. The van der Waals surface area contributed by atoms with Crippen LogP contribution in [0.1, 0.15) is 21.5 Å². The third kappa shape index (κ3) is 5.56. The Balaban J connectivity index is 1.81. The number of amides is 2. The minimum absolute atomic E-state index is 0.135. The van der Waals surface area contributed by atoms with E-state index >= 15 is 0 Å². The van der Waals surface area contributed by atoms with E-state index in [1.165, 1.54) is 6.08 Å². The second kappa shape index (κ2) is 8.89. The molecule has 0 saturated heterocycles. The maximum absolute atomic E-state index is 11.8. The second-order valence-corrected chi connectivity index (χ2v) is 5.64. The van der Waals surface area contributed by atoms with E-state index in [1.807, 2.05) is 24.3 Å². The van der Waals surface area contributed by atoms with E-state index in [4.69, 9.17) is 11.6 Å². The van der Waals surface area contributed by atoms with Crippen molar-refractivity contribution in [1.82, 2.24) is 10.6 Å². The van der Waals surface area contributed by atoms with E-state index < -0.39 is 0 Å². The highest BCUT2D eigenvalue weighted by Gasteiger charge is 2.01. The minimum atomic E-state index is -0.160. The lowest BCUT2D eigenvalue weighted by molar-refractivity contribution is -0.116. The van der Waals surface area contributed by atoms with E-state index in [2.05, 4.69) is 10.6 Å². The number of hydrogen-bond donors (Lipinski definition) is 2. The van der Waals surface area contributed by atoms with Crippen LogP contribution in [-0.2, 0) is 11.2 Å². The topological polar surface area (TPSA) is 58.2 Å². The molecule has 5 heteroatoms. The summed E-state index contributed by atoms with van der Waals surface area (Å²) in [4.78, 5) is 23.3. The highest BCUT2D eigenvalue weighted by Crippen LogP contribution is 2.10. The highest BCUT2D eigenvalue weighted by atomic mass is 35.5. The molecule has 0 aromatic heterocycles. The molecule has 0 spiro atoms. The molecule has 0 unspecified atom stereocenters. The number of hydrogen-bond acceptors (Lipinski definition) is 2. The first-order chi connectivity index (χ1) is 11.6. The summed E-state index contributed by atoms with van der Waals surface area (Å²) < 4.78 is 0. The number of carbonyl (C=O) groups is 2. The van der Waals surface area contributed by atoms with Gasteiger partial charge in [-0.3, -0.25) is 9.59 Å². The van der Waals surface area contributed by atoms with Crippen LogP contribution in [0.5, 0.6) is 0 Å². The fourth-order valence-corrected chi connectivity index (χ4v) is 2.36. The largest absolute Gasteiger partial charge is 0.355 e. The summed E-state index contributed by atoms with van der Waals surface area (Å²) in [6.07, 6.45) is 3.91. The van der Waals surface area contributed by atoms with Gasteiger partial charge in [-0.05, 0) is 47.9 Å². The Hall–Kier alpha value is -2.59. The lowest BCUT2D eigenvalue weighted by atomic mass is 10.1. The predicted molar refractivity (Wildman–Crippen MR) is 97.0 cm³/mol. The number of rotatable bonds is 6. The van der Waals surface area contributed by atoms with E-state index in [0.29, 0.717) is 17.1 Å². The first-order valence-corrected chi connectivity index (χ1v) is 7.99. The molecule has 2 amide bonds. The van der Waals surface area contributed by atoms with Crippen molar-refractivity contribution in [3.63, 3.8) is 0 Å². The summed E-state index contributed by atoms with van der Waals surface area (Å²) >= 11 is 5.92. The first kappa shape index (κ1) is 17.8. The number of benzene rings is 2. The average molecular weight is 343 g/mol. The van der Waals surface area contributed by atoms with Gasteiger partial charge in [-0.2, -0.15) is 0 Å². The zero-order valence-corrected chi connectivity index (χ0v) is 14.1. The summed E-state index contributed by atoms with van der Waals surface area (Å²) in [7, 11) is 1.59. The van der Waals surface area contributed by atoms with Crippen molar-refractivity contribution >= 4 is 29.5 Å². The molecule has 2 rings (SSSR count). The molecule has 0 saturated carbocycles.